The summed E-state index contributed by atoms with van der Waals surface area (Å²) in [6.07, 6.45) is 1.02. The molecule has 5 nitrogen and oxygen atoms in total. The van der Waals surface area contributed by atoms with Crippen LogP contribution in [0.15, 0.2) is 0 Å². The molecule has 1 amide bonds. The molecule has 1 aromatic heterocycles. The molecule has 1 aliphatic heterocycles. The molecule has 0 aliphatic carbocycles. The fourth-order valence-electron chi connectivity index (χ4n) is 2.27. The number of amides is 1. The van der Waals surface area contributed by atoms with Crippen LogP contribution in [-0.2, 0) is 6.54 Å². The van der Waals surface area contributed by atoms with Gasteiger partial charge in [0, 0.05) is 37.8 Å². The van der Waals surface area contributed by atoms with Crippen LogP contribution in [0.2, 0.25) is 0 Å². The van der Waals surface area contributed by atoms with Crippen molar-refractivity contribution in [1.82, 2.24) is 20.4 Å². The molecular weight excluding hydrogens is 228 g/mol. The molecule has 0 bridgehead atoms. The number of hydrogen-bond acceptors (Lipinski definition) is 3. The van der Waals surface area contributed by atoms with Crippen LogP contribution < -0.4 is 10.6 Å². The van der Waals surface area contributed by atoms with Gasteiger partial charge in [0.15, 0.2) is 0 Å². The summed E-state index contributed by atoms with van der Waals surface area (Å²) in [7, 11) is 0. The number of nitrogens with zero attached hydrogens (tertiary/aromatic N) is 2. The number of carbonyl (C=O) groups is 1. The van der Waals surface area contributed by atoms with Gasteiger partial charge in [-0.15, -0.1) is 0 Å². The van der Waals surface area contributed by atoms with Crippen LogP contribution in [0.25, 0.3) is 0 Å². The van der Waals surface area contributed by atoms with Gasteiger partial charge in [-0.1, -0.05) is 6.92 Å². The van der Waals surface area contributed by atoms with E-state index in [0.717, 1.165) is 49.6 Å². The molecule has 2 heterocycles. The zero-order valence-corrected chi connectivity index (χ0v) is 11.4. The van der Waals surface area contributed by atoms with Crippen molar-refractivity contribution in [3.63, 3.8) is 0 Å². The van der Waals surface area contributed by atoms with Gasteiger partial charge in [0.1, 0.15) is 0 Å². The molecule has 1 fully saturated rings. The Morgan fingerprint density at radius 2 is 2.22 bits per heavy atom. The molecule has 2 N–H and O–H groups in total. The van der Waals surface area contributed by atoms with Crippen LogP contribution in [-0.4, -0.2) is 35.3 Å². The normalized spacial score (nSPS) is 15.5. The van der Waals surface area contributed by atoms with Crippen molar-refractivity contribution in [3.05, 3.63) is 17.0 Å². The summed E-state index contributed by atoms with van der Waals surface area (Å²) in [5.74, 6) is 0.597. The summed E-state index contributed by atoms with van der Waals surface area (Å²) >= 11 is 0. The third kappa shape index (κ3) is 2.56. The molecule has 0 atom stereocenters. The average molecular weight is 250 g/mol. The second-order valence-corrected chi connectivity index (χ2v) is 5.00. The summed E-state index contributed by atoms with van der Waals surface area (Å²) in [5.41, 5.74) is 2.54. The van der Waals surface area contributed by atoms with E-state index in [9.17, 15) is 4.79 Å². The molecule has 1 saturated heterocycles. The SMILES string of the molecule is CCCn1nc(C)c(C(=O)NCC2CNC2)c1C. The third-order valence-electron chi connectivity index (χ3n) is 3.46. The van der Waals surface area contributed by atoms with Crippen LogP contribution in [0.5, 0.6) is 0 Å². The highest BCUT2D eigenvalue weighted by atomic mass is 16.1. The molecule has 0 aromatic carbocycles. The molecule has 0 spiro atoms. The summed E-state index contributed by atoms with van der Waals surface area (Å²) in [6.45, 7) is 9.62. The first-order valence-electron chi connectivity index (χ1n) is 6.66. The number of rotatable bonds is 5. The van der Waals surface area contributed by atoms with E-state index in [1.807, 2.05) is 18.5 Å². The minimum atomic E-state index is 0.0132. The highest BCUT2D eigenvalue weighted by Gasteiger charge is 2.21. The van der Waals surface area contributed by atoms with Crippen molar-refractivity contribution in [2.75, 3.05) is 19.6 Å². The predicted octanol–water partition coefficient (Wildman–Crippen LogP) is 0.859. The van der Waals surface area contributed by atoms with Crippen molar-refractivity contribution in [2.45, 2.75) is 33.7 Å². The van der Waals surface area contributed by atoms with Crippen LogP contribution in [0, 0.1) is 19.8 Å². The van der Waals surface area contributed by atoms with E-state index in [4.69, 9.17) is 0 Å². The second-order valence-electron chi connectivity index (χ2n) is 5.00. The smallest absolute Gasteiger partial charge is 0.255 e. The summed E-state index contributed by atoms with van der Waals surface area (Å²) in [4.78, 5) is 12.2. The third-order valence-corrected chi connectivity index (χ3v) is 3.46. The Labute approximate surface area is 108 Å². The van der Waals surface area contributed by atoms with Crippen LogP contribution in [0.3, 0.4) is 0 Å². The molecule has 1 aromatic rings. The monoisotopic (exact) mass is 250 g/mol. The van der Waals surface area contributed by atoms with Gasteiger partial charge in [0.25, 0.3) is 5.91 Å². The Bertz CT molecular complexity index is 434. The lowest BCUT2D eigenvalue weighted by molar-refractivity contribution is 0.0941. The number of carbonyl (C=O) groups excluding carboxylic acids is 1. The van der Waals surface area contributed by atoms with Crippen LogP contribution in [0.1, 0.15) is 35.1 Å². The minimum Gasteiger partial charge on any atom is -0.352 e. The lowest BCUT2D eigenvalue weighted by Crippen LogP contribution is -2.48. The maximum absolute atomic E-state index is 12.2. The highest BCUT2D eigenvalue weighted by Crippen LogP contribution is 2.13. The maximum Gasteiger partial charge on any atom is 0.255 e. The molecule has 0 saturated carbocycles. The quantitative estimate of drug-likeness (QED) is 0.815. The standard InChI is InChI=1S/C13H22N4O/c1-4-5-17-10(3)12(9(2)16-17)13(18)15-8-11-6-14-7-11/h11,14H,4-8H2,1-3H3,(H,15,18). The first-order chi connectivity index (χ1) is 8.63. The molecule has 0 radical (unpaired) electrons. The maximum atomic E-state index is 12.2. The highest BCUT2D eigenvalue weighted by molar-refractivity contribution is 5.96. The van der Waals surface area contributed by atoms with E-state index >= 15 is 0 Å². The van der Waals surface area contributed by atoms with Gasteiger partial charge in [0.05, 0.1) is 11.3 Å². The average Bonchev–Trinajstić information content (AvgIpc) is 2.52. The topological polar surface area (TPSA) is 59.0 Å². The largest absolute Gasteiger partial charge is 0.352 e. The molecule has 100 valence electrons. The Morgan fingerprint density at radius 3 is 2.78 bits per heavy atom. The van der Waals surface area contributed by atoms with Gasteiger partial charge >= 0.3 is 0 Å². The second kappa shape index (κ2) is 5.52. The van der Waals surface area contributed by atoms with Gasteiger partial charge in [0.2, 0.25) is 0 Å². The molecule has 1 aliphatic rings. The van der Waals surface area contributed by atoms with Crippen molar-refractivity contribution >= 4 is 5.91 Å². The Hall–Kier alpha value is -1.36. The first-order valence-corrected chi connectivity index (χ1v) is 6.66. The summed E-state index contributed by atoms with van der Waals surface area (Å²) < 4.78 is 1.93. The fourth-order valence-corrected chi connectivity index (χ4v) is 2.27. The summed E-state index contributed by atoms with van der Waals surface area (Å²) in [5, 5.41) is 10.6. The fraction of sp³-hybridized carbons (Fsp3) is 0.692. The molecule has 0 unspecified atom stereocenters. The number of hydrogen-bond donors (Lipinski definition) is 2. The van der Waals surface area contributed by atoms with Crippen molar-refractivity contribution in [3.8, 4) is 0 Å². The van der Waals surface area contributed by atoms with Gasteiger partial charge in [-0.05, 0) is 20.3 Å². The summed E-state index contributed by atoms with van der Waals surface area (Å²) in [6, 6.07) is 0. The molecule has 5 heteroatoms. The Morgan fingerprint density at radius 1 is 1.50 bits per heavy atom. The molecule has 2 rings (SSSR count). The predicted molar refractivity (Wildman–Crippen MR) is 70.7 cm³/mol. The number of aromatic nitrogens is 2. The van der Waals surface area contributed by atoms with E-state index in [1.54, 1.807) is 0 Å². The molecular formula is C13H22N4O. The van der Waals surface area contributed by atoms with Crippen LogP contribution >= 0.6 is 0 Å². The van der Waals surface area contributed by atoms with E-state index in [2.05, 4.69) is 22.7 Å². The number of nitrogens with one attached hydrogen (secondary N) is 2. The van der Waals surface area contributed by atoms with Gasteiger partial charge < -0.3 is 10.6 Å². The lowest BCUT2D eigenvalue weighted by Gasteiger charge is -2.27. The molecule has 18 heavy (non-hydrogen) atoms. The van der Waals surface area contributed by atoms with E-state index in [-0.39, 0.29) is 5.91 Å². The van der Waals surface area contributed by atoms with Gasteiger partial charge in [-0.2, -0.15) is 5.10 Å². The van der Waals surface area contributed by atoms with E-state index in [0.29, 0.717) is 5.92 Å². The Kier molecular flexibility index (Phi) is 4.01. The van der Waals surface area contributed by atoms with Crippen molar-refractivity contribution in [1.29, 1.82) is 0 Å². The number of aryl methyl sites for hydroxylation is 2. The van der Waals surface area contributed by atoms with Crippen LogP contribution in [0.4, 0.5) is 0 Å². The minimum absolute atomic E-state index is 0.0132. The first kappa shape index (κ1) is 13.1. The van der Waals surface area contributed by atoms with Gasteiger partial charge in [-0.25, -0.2) is 0 Å². The zero-order valence-electron chi connectivity index (χ0n) is 11.4. The van der Waals surface area contributed by atoms with Crippen molar-refractivity contribution < 1.29 is 4.79 Å². The van der Waals surface area contributed by atoms with Gasteiger partial charge in [-0.3, -0.25) is 9.48 Å². The van der Waals surface area contributed by atoms with E-state index in [1.165, 1.54) is 0 Å². The zero-order chi connectivity index (χ0) is 13.1. The Balaban J connectivity index is 2.03. The van der Waals surface area contributed by atoms with Crippen molar-refractivity contribution in [2.24, 2.45) is 5.92 Å². The lowest BCUT2D eigenvalue weighted by atomic mass is 10.0. The van der Waals surface area contributed by atoms with E-state index < -0.39 is 0 Å².